The van der Waals surface area contributed by atoms with E-state index in [4.69, 9.17) is 11.7 Å². The van der Waals surface area contributed by atoms with E-state index >= 15 is 0 Å². The Morgan fingerprint density at radius 1 is 1.28 bits per heavy atom. The number of hydrogen-bond donors (Lipinski definition) is 1. The molecule has 0 unspecified atom stereocenters. The highest BCUT2D eigenvalue weighted by molar-refractivity contribution is 5.98. The number of carboxylic acids is 1. The van der Waals surface area contributed by atoms with E-state index in [-0.39, 0.29) is 5.56 Å². The lowest BCUT2D eigenvalue weighted by Gasteiger charge is -2.08. The molecule has 2 aromatic rings. The van der Waals surface area contributed by atoms with Gasteiger partial charge in [0.2, 0.25) is 0 Å². The second-order valence-electron chi connectivity index (χ2n) is 4.63. The van der Waals surface area contributed by atoms with Crippen molar-refractivity contribution in [1.29, 1.82) is 0 Å². The molecule has 1 fully saturated rings. The predicted molar refractivity (Wildman–Crippen MR) is 69.1 cm³/mol. The molecule has 1 aliphatic rings. The molecule has 1 aliphatic carbocycles. The predicted octanol–water partition coefficient (Wildman–Crippen LogP) is 3.97. The molecular formula is C15H11NO2. The topological polar surface area (TPSA) is 41.7 Å². The number of carboxylic acid groups (broad SMARTS) is 1. The minimum absolute atomic E-state index is 0.284. The van der Waals surface area contributed by atoms with Crippen molar-refractivity contribution in [3.8, 4) is 0 Å². The SMILES string of the molecule is [C-]#[N+]c1ccc2ccc(C(=O)O)cc2c1C1CC1. The van der Waals surface area contributed by atoms with Gasteiger partial charge in [-0.25, -0.2) is 9.64 Å². The monoisotopic (exact) mass is 237 g/mol. The average Bonchev–Trinajstić information content (AvgIpc) is 3.20. The van der Waals surface area contributed by atoms with Crippen LogP contribution < -0.4 is 0 Å². The fourth-order valence-electron chi connectivity index (χ4n) is 2.36. The fourth-order valence-corrected chi connectivity index (χ4v) is 2.36. The molecule has 1 saturated carbocycles. The number of benzene rings is 2. The van der Waals surface area contributed by atoms with Crippen LogP contribution in [0.15, 0.2) is 30.3 Å². The summed E-state index contributed by atoms with van der Waals surface area (Å²) in [4.78, 5) is 14.6. The van der Waals surface area contributed by atoms with E-state index < -0.39 is 5.97 Å². The number of aromatic carboxylic acids is 1. The highest BCUT2D eigenvalue weighted by atomic mass is 16.4. The fraction of sp³-hybridized carbons (Fsp3) is 0.200. The van der Waals surface area contributed by atoms with Gasteiger partial charge in [-0.3, -0.25) is 0 Å². The Morgan fingerprint density at radius 3 is 2.61 bits per heavy atom. The standard InChI is InChI=1S/C15H11NO2/c1-16-13-7-6-9-2-5-11(15(17)18)8-12(9)14(13)10-3-4-10/h2,5-8,10H,3-4H2,(H,17,18). The van der Waals surface area contributed by atoms with Gasteiger partial charge in [0.25, 0.3) is 0 Å². The summed E-state index contributed by atoms with van der Waals surface area (Å²) in [5.41, 5.74) is 1.98. The van der Waals surface area contributed by atoms with Crippen LogP contribution in [0.5, 0.6) is 0 Å². The lowest BCUT2D eigenvalue weighted by Crippen LogP contribution is -1.96. The minimum atomic E-state index is -0.924. The summed E-state index contributed by atoms with van der Waals surface area (Å²) >= 11 is 0. The zero-order chi connectivity index (χ0) is 12.7. The van der Waals surface area contributed by atoms with E-state index in [0.717, 1.165) is 29.2 Å². The molecule has 0 spiro atoms. The van der Waals surface area contributed by atoms with Crippen molar-refractivity contribution < 1.29 is 9.90 Å². The van der Waals surface area contributed by atoms with Crippen molar-refractivity contribution in [3.05, 3.63) is 52.9 Å². The summed E-state index contributed by atoms with van der Waals surface area (Å²) in [5.74, 6) is -0.492. The van der Waals surface area contributed by atoms with E-state index in [1.807, 2.05) is 18.2 Å². The maximum Gasteiger partial charge on any atom is 0.335 e. The van der Waals surface area contributed by atoms with Gasteiger partial charge in [-0.2, -0.15) is 0 Å². The molecule has 0 aliphatic heterocycles. The Balaban J connectivity index is 2.33. The van der Waals surface area contributed by atoms with E-state index in [9.17, 15) is 4.79 Å². The summed E-state index contributed by atoms with van der Waals surface area (Å²) in [6, 6.07) is 8.85. The Labute approximate surface area is 104 Å². The quantitative estimate of drug-likeness (QED) is 0.803. The molecule has 18 heavy (non-hydrogen) atoms. The molecule has 3 nitrogen and oxygen atoms in total. The second-order valence-corrected chi connectivity index (χ2v) is 4.63. The van der Waals surface area contributed by atoms with Crippen LogP contribution in [0, 0.1) is 6.57 Å². The van der Waals surface area contributed by atoms with Gasteiger partial charge in [0.15, 0.2) is 5.69 Å². The first-order valence-electron chi connectivity index (χ1n) is 5.88. The van der Waals surface area contributed by atoms with Gasteiger partial charge >= 0.3 is 5.97 Å². The van der Waals surface area contributed by atoms with Crippen LogP contribution in [0.4, 0.5) is 5.69 Å². The average molecular weight is 237 g/mol. The van der Waals surface area contributed by atoms with Crippen LogP contribution in [0.2, 0.25) is 0 Å². The summed E-state index contributed by atoms with van der Waals surface area (Å²) in [6.45, 7) is 7.23. The summed E-state index contributed by atoms with van der Waals surface area (Å²) < 4.78 is 0. The number of hydrogen-bond acceptors (Lipinski definition) is 1. The van der Waals surface area contributed by atoms with Gasteiger partial charge in [-0.05, 0) is 47.2 Å². The van der Waals surface area contributed by atoms with Crippen molar-refractivity contribution in [2.24, 2.45) is 0 Å². The third-order valence-electron chi connectivity index (χ3n) is 3.39. The number of nitrogens with zero attached hydrogens (tertiary/aromatic N) is 1. The number of fused-ring (bicyclic) bond motifs is 1. The van der Waals surface area contributed by atoms with Crippen LogP contribution >= 0.6 is 0 Å². The maximum atomic E-state index is 11.0. The molecule has 2 aromatic carbocycles. The molecule has 0 amide bonds. The summed E-state index contributed by atoms with van der Waals surface area (Å²) in [7, 11) is 0. The third kappa shape index (κ3) is 1.63. The van der Waals surface area contributed by atoms with Gasteiger partial charge in [0.1, 0.15) is 0 Å². The number of rotatable bonds is 2. The normalized spacial score (nSPS) is 14.4. The first-order chi connectivity index (χ1) is 8.70. The van der Waals surface area contributed by atoms with Crippen molar-refractivity contribution in [2.75, 3.05) is 0 Å². The molecule has 0 radical (unpaired) electrons. The highest BCUT2D eigenvalue weighted by Crippen LogP contribution is 2.47. The minimum Gasteiger partial charge on any atom is -0.478 e. The Kier molecular flexibility index (Phi) is 2.31. The van der Waals surface area contributed by atoms with Crippen molar-refractivity contribution >= 4 is 22.4 Å². The van der Waals surface area contributed by atoms with Crippen LogP contribution in [0.3, 0.4) is 0 Å². The smallest absolute Gasteiger partial charge is 0.335 e. The molecular weight excluding hydrogens is 226 g/mol. The van der Waals surface area contributed by atoms with E-state index in [0.29, 0.717) is 11.6 Å². The third-order valence-corrected chi connectivity index (χ3v) is 3.39. The molecule has 3 heteroatoms. The van der Waals surface area contributed by atoms with Crippen LogP contribution in [0.1, 0.15) is 34.7 Å². The van der Waals surface area contributed by atoms with Gasteiger partial charge in [-0.1, -0.05) is 18.2 Å². The molecule has 88 valence electrons. The van der Waals surface area contributed by atoms with Gasteiger partial charge in [-0.15, -0.1) is 0 Å². The lowest BCUT2D eigenvalue weighted by atomic mass is 9.97. The Morgan fingerprint density at radius 2 is 2.00 bits per heavy atom. The van der Waals surface area contributed by atoms with Gasteiger partial charge in [0.05, 0.1) is 12.1 Å². The highest BCUT2D eigenvalue weighted by Gasteiger charge is 2.28. The summed E-state index contributed by atoms with van der Waals surface area (Å²) in [6.07, 6.45) is 2.19. The molecule has 1 N–H and O–H groups in total. The first-order valence-corrected chi connectivity index (χ1v) is 5.88. The van der Waals surface area contributed by atoms with E-state index in [1.165, 1.54) is 0 Å². The molecule has 0 bridgehead atoms. The van der Waals surface area contributed by atoms with Crippen molar-refractivity contribution in [2.45, 2.75) is 18.8 Å². The molecule has 3 rings (SSSR count). The zero-order valence-corrected chi connectivity index (χ0v) is 9.68. The summed E-state index contributed by atoms with van der Waals surface area (Å²) in [5, 5.41) is 11.0. The van der Waals surface area contributed by atoms with Crippen LogP contribution in [-0.4, -0.2) is 11.1 Å². The molecule has 0 heterocycles. The largest absolute Gasteiger partial charge is 0.478 e. The van der Waals surface area contributed by atoms with Crippen LogP contribution in [0.25, 0.3) is 15.6 Å². The zero-order valence-electron chi connectivity index (χ0n) is 9.68. The van der Waals surface area contributed by atoms with Gasteiger partial charge in [0, 0.05) is 0 Å². The van der Waals surface area contributed by atoms with Gasteiger partial charge < -0.3 is 5.11 Å². The first kappa shape index (κ1) is 10.8. The number of carbonyl (C=O) groups is 1. The van der Waals surface area contributed by atoms with E-state index in [2.05, 4.69) is 4.85 Å². The van der Waals surface area contributed by atoms with Crippen molar-refractivity contribution in [3.63, 3.8) is 0 Å². The Hall–Kier alpha value is -2.34. The van der Waals surface area contributed by atoms with E-state index in [1.54, 1.807) is 12.1 Å². The van der Waals surface area contributed by atoms with Crippen LogP contribution in [-0.2, 0) is 0 Å². The molecule has 0 saturated heterocycles. The second kappa shape index (κ2) is 3.85. The molecule has 0 aromatic heterocycles. The van der Waals surface area contributed by atoms with Crippen molar-refractivity contribution in [1.82, 2.24) is 0 Å². The molecule has 0 atom stereocenters. The Bertz CT molecular complexity index is 693. The maximum absolute atomic E-state index is 11.0. The lowest BCUT2D eigenvalue weighted by molar-refractivity contribution is 0.0697.